The van der Waals surface area contributed by atoms with Gasteiger partial charge in [-0.05, 0) is 36.1 Å². The van der Waals surface area contributed by atoms with Gasteiger partial charge in [0.05, 0.1) is 0 Å². The van der Waals surface area contributed by atoms with Gasteiger partial charge in [-0.25, -0.2) is 13.6 Å². The van der Waals surface area contributed by atoms with E-state index < -0.39 is 12.0 Å². The molecular weight excluding hydrogens is 252 g/mol. The molecule has 1 aromatic rings. The highest BCUT2D eigenvalue weighted by molar-refractivity contribution is 5.71. The van der Waals surface area contributed by atoms with Crippen molar-refractivity contribution in [2.75, 3.05) is 13.1 Å². The van der Waals surface area contributed by atoms with E-state index in [1.54, 1.807) is 6.07 Å². The van der Waals surface area contributed by atoms with Crippen LogP contribution < -0.4 is 4.74 Å². The number of amides is 1. The van der Waals surface area contributed by atoms with Gasteiger partial charge in [-0.3, -0.25) is 0 Å². The fourth-order valence-electron chi connectivity index (χ4n) is 2.42. The van der Waals surface area contributed by atoms with Gasteiger partial charge in [0.15, 0.2) is 0 Å². The minimum absolute atomic E-state index is 0.0524. The molecule has 102 valence electrons. The molecule has 0 atom stereocenters. The zero-order valence-electron chi connectivity index (χ0n) is 10.5. The number of carbonyl (C=O) groups is 1. The Bertz CT molecular complexity index is 506. The van der Waals surface area contributed by atoms with E-state index in [0.717, 1.165) is 12.8 Å². The van der Waals surface area contributed by atoms with Crippen LogP contribution >= 0.6 is 0 Å². The van der Waals surface area contributed by atoms with Gasteiger partial charge in [0.2, 0.25) is 0 Å². The number of hydrogen-bond donors (Lipinski definition) is 0. The van der Waals surface area contributed by atoms with E-state index in [4.69, 9.17) is 4.74 Å². The summed E-state index contributed by atoms with van der Waals surface area (Å²) in [5, 5.41) is 0. The number of rotatable bonds is 1. The number of likely N-dealkylation sites (tertiary alicyclic amines) is 1. The first-order valence-electron chi connectivity index (χ1n) is 6.50. The summed E-state index contributed by atoms with van der Waals surface area (Å²) < 4.78 is 31.2. The first-order valence-corrected chi connectivity index (χ1v) is 6.50. The average molecular weight is 267 g/mol. The number of aryl methyl sites for hydroxylation is 2. The molecule has 1 saturated heterocycles. The summed E-state index contributed by atoms with van der Waals surface area (Å²) in [4.78, 5) is 13.2. The van der Waals surface area contributed by atoms with Crippen molar-refractivity contribution in [1.29, 1.82) is 0 Å². The molecule has 1 heterocycles. The van der Waals surface area contributed by atoms with Crippen LogP contribution in [0.1, 0.15) is 24.0 Å². The second kappa shape index (κ2) is 4.47. The molecule has 0 aromatic heterocycles. The first kappa shape index (κ1) is 12.4. The summed E-state index contributed by atoms with van der Waals surface area (Å²) >= 11 is 0. The van der Waals surface area contributed by atoms with Gasteiger partial charge in [0.1, 0.15) is 5.75 Å². The van der Waals surface area contributed by atoms with Gasteiger partial charge in [-0.2, -0.15) is 0 Å². The maximum Gasteiger partial charge on any atom is 0.415 e. The third kappa shape index (κ3) is 2.55. The van der Waals surface area contributed by atoms with Gasteiger partial charge < -0.3 is 9.64 Å². The molecule has 1 aliphatic carbocycles. The molecule has 0 N–H and O–H groups in total. The standard InChI is InChI=1S/C14H15F2NO2/c15-14(16)5-7-17(8-6-14)13(18)19-12-4-3-10-1-2-11(10)9-12/h3-4,9H,1-2,5-8H2. The van der Waals surface area contributed by atoms with Gasteiger partial charge >= 0.3 is 6.09 Å². The maximum absolute atomic E-state index is 13.0. The Labute approximate surface area is 110 Å². The highest BCUT2D eigenvalue weighted by Crippen LogP contribution is 2.29. The van der Waals surface area contributed by atoms with E-state index in [2.05, 4.69) is 0 Å². The van der Waals surface area contributed by atoms with Crippen molar-refractivity contribution >= 4 is 6.09 Å². The summed E-state index contributed by atoms with van der Waals surface area (Å²) in [7, 11) is 0. The van der Waals surface area contributed by atoms with Crippen LogP contribution in [0.2, 0.25) is 0 Å². The van der Waals surface area contributed by atoms with Crippen LogP contribution in [0.25, 0.3) is 0 Å². The Morgan fingerprint density at radius 2 is 1.84 bits per heavy atom. The number of nitrogens with zero attached hydrogens (tertiary/aromatic N) is 1. The second-order valence-electron chi connectivity index (χ2n) is 5.14. The predicted molar refractivity (Wildman–Crippen MR) is 65.6 cm³/mol. The van der Waals surface area contributed by atoms with Crippen molar-refractivity contribution in [2.24, 2.45) is 0 Å². The highest BCUT2D eigenvalue weighted by Gasteiger charge is 2.36. The van der Waals surface area contributed by atoms with Gasteiger partial charge in [0, 0.05) is 25.9 Å². The van der Waals surface area contributed by atoms with E-state index in [1.807, 2.05) is 12.1 Å². The van der Waals surface area contributed by atoms with Crippen LogP contribution in [0.15, 0.2) is 18.2 Å². The fourth-order valence-corrected chi connectivity index (χ4v) is 2.42. The Morgan fingerprint density at radius 1 is 1.16 bits per heavy atom. The number of hydrogen-bond acceptors (Lipinski definition) is 2. The molecular formula is C14H15F2NO2. The molecule has 0 unspecified atom stereocenters. The number of ether oxygens (including phenoxy) is 1. The number of piperidine rings is 1. The lowest BCUT2D eigenvalue weighted by molar-refractivity contribution is -0.0496. The fraction of sp³-hybridized carbons (Fsp3) is 0.500. The number of fused-ring (bicyclic) bond motifs is 1. The number of benzene rings is 1. The van der Waals surface area contributed by atoms with Crippen molar-refractivity contribution in [3.63, 3.8) is 0 Å². The van der Waals surface area contributed by atoms with E-state index in [-0.39, 0.29) is 25.9 Å². The van der Waals surface area contributed by atoms with Crippen LogP contribution in [-0.2, 0) is 12.8 Å². The van der Waals surface area contributed by atoms with Crippen LogP contribution in [0, 0.1) is 0 Å². The van der Waals surface area contributed by atoms with Crippen LogP contribution in [0.4, 0.5) is 13.6 Å². The smallest absolute Gasteiger partial charge is 0.410 e. The SMILES string of the molecule is O=C(Oc1ccc2c(c1)CC2)N1CCC(F)(F)CC1. The van der Waals surface area contributed by atoms with Crippen molar-refractivity contribution in [2.45, 2.75) is 31.6 Å². The Balaban J connectivity index is 1.60. The third-order valence-corrected chi connectivity index (χ3v) is 3.80. The third-order valence-electron chi connectivity index (χ3n) is 3.80. The largest absolute Gasteiger partial charge is 0.415 e. The van der Waals surface area contributed by atoms with Crippen molar-refractivity contribution in [1.82, 2.24) is 4.90 Å². The topological polar surface area (TPSA) is 29.5 Å². The Hall–Kier alpha value is -1.65. The average Bonchev–Trinajstić information content (AvgIpc) is 2.32. The molecule has 0 radical (unpaired) electrons. The van der Waals surface area contributed by atoms with E-state index in [0.29, 0.717) is 5.75 Å². The zero-order valence-corrected chi connectivity index (χ0v) is 10.5. The lowest BCUT2D eigenvalue weighted by atomic mass is 9.89. The lowest BCUT2D eigenvalue weighted by Crippen LogP contribution is -2.43. The summed E-state index contributed by atoms with van der Waals surface area (Å²) in [5.74, 6) is -2.15. The predicted octanol–water partition coefficient (Wildman–Crippen LogP) is 3.02. The molecule has 1 aliphatic heterocycles. The molecule has 19 heavy (non-hydrogen) atoms. The van der Waals surface area contributed by atoms with Crippen LogP contribution in [0.3, 0.4) is 0 Å². The molecule has 2 aliphatic rings. The summed E-state index contributed by atoms with van der Waals surface area (Å²) in [6.07, 6.45) is 0.981. The molecule has 1 fully saturated rings. The molecule has 3 nitrogen and oxygen atoms in total. The van der Waals surface area contributed by atoms with E-state index in [9.17, 15) is 13.6 Å². The molecule has 0 spiro atoms. The monoisotopic (exact) mass is 267 g/mol. The van der Waals surface area contributed by atoms with Gasteiger partial charge in [-0.15, -0.1) is 0 Å². The minimum atomic E-state index is -2.65. The van der Waals surface area contributed by atoms with Crippen molar-refractivity contribution < 1.29 is 18.3 Å². The lowest BCUT2D eigenvalue weighted by Gasteiger charge is -2.31. The zero-order chi connectivity index (χ0) is 13.5. The summed E-state index contributed by atoms with van der Waals surface area (Å²) in [6, 6.07) is 5.57. The van der Waals surface area contributed by atoms with Crippen LogP contribution in [-0.4, -0.2) is 30.0 Å². The van der Waals surface area contributed by atoms with E-state index in [1.165, 1.54) is 16.0 Å². The minimum Gasteiger partial charge on any atom is -0.410 e. The molecule has 5 heteroatoms. The maximum atomic E-state index is 13.0. The highest BCUT2D eigenvalue weighted by atomic mass is 19.3. The Morgan fingerprint density at radius 3 is 2.42 bits per heavy atom. The number of carbonyl (C=O) groups excluding carboxylic acids is 1. The number of alkyl halides is 2. The molecule has 1 aromatic carbocycles. The normalized spacial score (nSPS) is 20.4. The quantitative estimate of drug-likeness (QED) is 0.782. The van der Waals surface area contributed by atoms with Gasteiger partial charge in [0.25, 0.3) is 5.92 Å². The Kier molecular flexibility index (Phi) is 2.92. The van der Waals surface area contributed by atoms with Crippen molar-refractivity contribution in [3.05, 3.63) is 29.3 Å². The second-order valence-corrected chi connectivity index (χ2v) is 5.14. The summed E-state index contributed by atoms with van der Waals surface area (Å²) in [5.41, 5.74) is 2.49. The molecule has 3 rings (SSSR count). The van der Waals surface area contributed by atoms with E-state index >= 15 is 0 Å². The molecule has 0 bridgehead atoms. The number of halogens is 2. The van der Waals surface area contributed by atoms with Gasteiger partial charge in [-0.1, -0.05) is 6.07 Å². The first-order chi connectivity index (χ1) is 9.03. The van der Waals surface area contributed by atoms with Crippen molar-refractivity contribution in [3.8, 4) is 5.75 Å². The van der Waals surface area contributed by atoms with Crippen LogP contribution in [0.5, 0.6) is 5.75 Å². The summed E-state index contributed by atoms with van der Waals surface area (Å²) in [6.45, 7) is 0.105. The molecule has 0 saturated carbocycles. The molecule has 1 amide bonds.